The highest BCUT2D eigenvalue weighted by molar-refractivity contribution is 5.85. The first kappa shape index (κ1) is 29.9. The molecule has 0 aliphatic carbocycles. The second-order valence-electron chi connectivity index (χ2n) is 11.3. The summed E-state index contributed by atoms with van der Waals surface area (Å²) < 4.78 is 12.0. The second-order valence-corrected chi connectivity index (χ2v) is 11.3. The topological polar surface area (TPSA) is 28.2 Å². The molecule has 5 rings (SSSR count). The molecule has 0 spiro atoms. The van der Waals surface area contributed by atoms with Crippen molar-refractivity contribution in [1.82, 2.24) is 9.80 Å². The summed E-state index contributed by atoms with van der Waals surface area (Å²) >= 11 is 0. The number of fused-ring (bicyclic) bond motifs is 1. The Balaban J connectivity index is 0.00000190. The minimum absolute atomic E-state index is 0. The first-order chi connectivity index (χ1) is 16.7. The molecule has 37 heavy (non-hydrogen) atoms. The number of piperazine rings is 1. The van der Waals surface area contributed by atoms with E-state index in [9.17, 15) is 0 Å². The van der Waals surface area contributed by atoms with E-state index in [1.807, 2.05) is 0 Å². The average Bonchev–Trinajstić information content (AvgIpc) is 3.48. The molecule has 0 saturated carbocycles. The zero-order valence-electron chi connectivity index (χ0n) is 23.6. The molecule has 206 valence electrons. The zero-order chi connectivity index (χ0) is 24.9. The second kappa shape index (κ2) is 11.6. The molecule has 2 fully saturated rings. The van der Waals surface area contributed by atoms with E-state index in [4.69, 9.17) is 9.47 Å². The van der Waals surface area contributed by atoms with Gasteiger partial charge in [-0.05, 0) is 102 Å². The highest BCUT2D eigenvalue weighted by atomic mass is 35.5. The standard InChI is InChI=1S/C30H43N3O2.2ClH/c1-20-21(2)28-26(29(30(5,6)35-28)33-14-8-9-15-33)22(3)27(20)32-18-16-31(17-19-32)23(4)24-10-12-25(34-7)13-11-24;;/h10-13,23,29H,8-9,14-19H2,1-7H3;2*1H. The van der Waals surface area contributed by atoms with Gasteiger partial charge in [0.15, 0.2) is 0 Å². The van der Waals surface area contributed by atoms with Crippen molar-refractivity contribution in [3.05, 3.63) is 52.1 Å². The van der Waals surface area contributed by atoms with Crippen LogP contribution in [0.2, 0.25) is 0 Å². The monoisotopic (exact) mass is 549 g/mol. The third-order valence-corrected chi connectivity index (χ3v) is 8.84. The maximum absolute atomic E-state index is 6.69. The Morgan fingerprint density at radius 2 is 1.46 bits per heavy atom. The molecule has 3 heterocycles. The van der Waals surface area contributed by atoms with Crippen LogP contribution in [0.15, 0.2) is 24.3 Å². The van der Waals surface area contributed by atoms with Crippen molar-refractivity contribution >= 4 is 30.5 Å². The highest BCUT2D eigenvalue weighted by Crippen LogP contribution is 2.53. The Bertz CT molecular complexity index is 1080. The van der Waals surface area contributed by atoms with Crippen molar-refractivity contribution in [3.63, 3.8) is 0 Å². The van der Waals surface area contributed by atoms with E-state index in [1.165, 1.54) is 59.4 Å². The van der Waals surface area contributed by atoms with E-state index in [0.717, 1.165) is 37.7 Å². The predicted octanol–water partition coefficient (Wildman–Crippen LogP) is 6.66. The highest BCUT2D eigenvalue weighted by Gasteiger charge is 2.47. The summed E-state index contributed by atoms with van der Waals surface area (Å²) in [5, 5.41) is 0. The number of nitrogens with zero attached hydrogens (tertiary/aromatic N) is 3. The van der Waals surface area contributed by atoms with E-state index in [1.54, 1.807) is 7.11 Å². The largest absolute Gasteiger partial charge is 0.497 e. The molecule has 2 atom stereocenters. The number of halogens is 2. The Morgan fingerprint density at radius 1 is 0.865 bits per heavy atom. The van der Waals surface area contributed by atoms with Gasteiger partial charge in [-0.15, -0.1) is 24.8 Å². The smallest absolute Gasteiger partial charge is 0.128 e. The lowest BCUT2D eigenvalue weighted by Crippen LogP contribution is -2.47. The Kier molecular flexibility index (Phi) is 9.38. The van der Waals surface area contributed by atoms with Crippen LogP contribution in [0.5, 0.6) is 11.5 Å². The number of rotatable bonds is 5. The molecular weight excluding hydrogens is 505 g/mol. The molecule has 0 bridgehead atoms. The number of benzene rings is 2. The van der Waals surface area contributed by atoms with Crippen LogP contribution in [0.4, 0.5) is 5.69 Å². The Labute approximate surface area is 236 Å². The van der Waals surface area contributed by atoms with Gasteiger partial charge < -0.3 is 14.4 Å². The van der Waals surface area contributed by atoms with Gasteiger partial charge in [-0.1, -0.05) is 12.1 Å². The van der Waals surface area contributed by atoms with Crippen LogP contribution in [-0.2, 0) is 0 Å². The van der Waals surface area contributed by atoms with Gasteiger partial charge in [0.25, 0.3) is 0 Å². The maximum Gasteiger partial charge on any atom is 0.128 e. The molecule has 3 aliphatic heterocycles. The summed E-state index contributed by atoms with van der Waals surface area (Å²) in [5.41, 5.74) is 8.20. The SMILES string of the molecule is COc1ccc(C(C)N2CCN(c3c(C)c(C)c4c(c3C)C(N3CCCC3)C(C)(C)O4)CC2)cc1.Cl.Cl. The number of anilines is 1. The number of likely N-dealkylation sites (tertiary alicyclic amines) is 1. The van der Waals surface area contributed by atoms with Gasteiger partial charge in [-0.3, -0.25) is 9.80 Å². The normalized spacial score (nSPS) is 22.0. The molecule has 3 aliphatic rings. The fourth-order valence-corrected chi connectivity index (χ4v) is 6.78. The van der Waals surface area contributed by atoms with Crippen LogP contribution in [0.1, 0.15) is 73.5 Å². The predicted molar refractivity (Wildman–Crippen MR) is 159 cm³/mol. The van der Waals surface area contributed by atoms with Crippen LogP contribution in [0, 0.1) is 20.8 Å². The summed E-state index contributed by atoms with van der Waals surface area (Å²) in [5.74, 6) is 2.07. The van der Waals surface area contributed by atoms with E-state index in [0.29, 0.717) is 12.1 Å². The molecular formula is C30H45Cl2N3O2. The van der Waals surface area contributed by atoms with E-state index < -0.39 is 0 Å². The molecule has 0 radical (unpaired) electrons. The number of ether oxygens (including phenoxy) is 2. The van der Waals surface area contributed by atoms with E-state index in [2.05, 4.69) is 80.5 Å². The quantitative estimate of drug-likeness (QED) is 0.416. The molecule has 5 nitrogen and oxygen atoms in total. The van der Waals surface area contributed by atoms with Crippen molar-refractivity contribution in [1.29, 1.82) is 0 Å². The van der Waals surface area contributed by atoms with Crippen molar-refractivity contribution in [2.75, 3.05) is 51.3 Å². The van der Waals surface area contributed by atoms with Gasteiger partial charge in [0, 0.05) is 43.5 Å². The van der Waals surface area contributed by atoms with Crippen molar-refractivity contribution in [2.45, 2.75) is 72.1 Å². The minimum Gasteiger partial charge on any atom is -0.497 e. The molecule has 0 N–H and O–H groups in total. The van der Waals surface area contributed by atoms with Crippen LogP contribution >= 0.6 is 24.8 Å². The molecule has 2 aromatic carbocycles. The summed E-state index contributed by atoms with van der Waals surface area (Å²) in [4.78, 5) is 7.93. The first-order valence-electron chi connectivity index (χ1n) is 13.4. The van der Waals surface area contributed by atoms with Gasteiger partial charge in [0.2, 0.25) is 0 Å². The lowest BCUT2D eigenvalue weighted by molar-refractivity contribution is 0.0396. The fourth-order valence-electron chi connectivity index (χ4n) is 6.78. The Hall–Kier alpha value is -1.66. The van der Waals surface area contributed by atoms with Crippen LogP contribution < -0.4 is 14.4 Å². The molecule has 0 amide bonds. The van der Waals surface area contributed by atoms with Crippen molar-refractivity contribution in [3.8, 4) is 11.5 Å². The summed E-state index contributed by atoms with van der Waals surface area (Å²) in [6.45, 7) is 20.4. The maximum atomic E-state index is 6.69. The minimum atomic E-state index is -0.195. The van der Waals surface area contributed by atoms with Crippen LogP contribution in [-0.4, -0.2) is 61.8 Å². The third kappa shape index (κ3) is 5.30. The van der Waals surface area contributed by atoms with Crippen LogP contribution in [0.3, 0.4) is 0 Å². The zero-order valence-corrected chi connectivity index (χ0v) is 25.2. The van der Waals surface area contributed by atoms with Gasteiger partial charge in [-0.25, -0.2) is 0 Å². The average molecular weight is 551 g/mol. The van der Waals surface area contributed by atoms with Crippen LogP contribution in [0.25, 0.3) is 0 Å². The lowest BCUT2D eigenvalue weighted by atomic mass is 9.86. The molecule has 2 saturated heterocycles. The lowest BCUT2D eigenvalue weighted by Gasteiger charge is -2.41. The number of methoxy groups -OCH3 is 1. The van der Waals surface area contributed by atoms with Gasteiger partial charge >= 0.3 is 0 Å². The summed E-state index contributed by atoms with van der Waals surface area (Å²) in [6, 6.07) is 9.29. The van der Waals surface area contributed by atoms with Crippen molar-refractivity contribution in [2.24, 2.45) is 0 Å². The molecule has 2 aromatic rings. The van der Waals surface area contributed by atoms with Crippen molar-refractivity contribution < 1.29 is 9.47 Å². The summed E-state index contributed by atoms with van der Waals surface area (Å²) in [7, 11) is 1.72. The van der Waals surface area contributed by atoms with E-state index >= 15 is 0 Å². The molecule has 0 aromatic heterocycles. The Morgan fingerprint density at radius 3 is 2.03 bits per heavy atom. The number of hydrogen-bond acceptors (Lipinski definition) is 5. The first-order valence-corrected chi connectivity index (χ1v) is 13.4. The molecule has 2 unspecified atom stereocenters. The van der Waals surface area contributed by atoms with Gasteiger partial charge in [-0.2, -0.15) is 0 Å². The van der Waals surface area contributed by atoms with Gasteiger partial charge in [0.05, 0.1) is 13.2 Å². The van der Waals surface area contributed by atoms with E-state index in [-0.39, 0.29) is 30.4 Å². The fraction of sp³-hybridized carbons (Fsp3) is 0.600. The molecule has 7 heteroatoms. The number of hydrogen-bond donors (Lipinski definition) is 0. The summed E-state index contributed by atoms with van der Waals surface area (Å²) in [6.07, 6.45) is 2.60. The van der Waals surface area contributed by atoms with Gasteiger partial charge in [0.1, 0.15) is 17.1 Å². The third-order valence-electron chi connectivity index (χ3n) is 8.84.